The Bertz CT molecular complexity index is 2490. The maximum absolute atomic E-state index is 14.6. The van der Waals surface area contributed by atoms with Crippen LogP contribution < -0.4 is 16.1 Å². The van der Waals surface area contributed by atoms with Crippen molar-refractivity contribution in [3.05, 3.63) is 95.0 Å². The van der Waals surface area contributed by atoms with E-state index in [9.17, 15) is 18.3 Å². The largest absolute Gasteiger partial charge is 0.406 e. The SMILES string of the molecule is C#CCCC(C)(C)Cc1c(-c2cccnc2C(C)O)n(CC(F)(F)F)c2ccc(-c3csc(CC(NC(=C)C(C4CCCC4)N4CCC(CN(CC)C(=C)C5CN5)C4)C(=C)N4CCCCN4)n3)cc12. The van der Waals surface area contributed by atoms with Crippen LogP contribution in [0.15, 0.2) is 78.7 Å². The summed E-state index contributed by atoms with van der Waals surface area (Å²) in [4.78, 5) is 14.9. The molecule has 5 unspecified atom stereocenters. The zero-order chi connectivity index (χ0) is 49.0. The van der Waals surface area contributed by atoms with E-state index in [2.05, 4.69) is 74.5 Å². The fourth-order valence-corrected chi connectivity index (χ4v) is 12.2. The molecule has 1 aromatic carbocycles. The molecule has 3 saturated heterocycles. The minimum atomic E-state index is -4.51. The van der Waals surface area contributed by atoms with Gasteiger partial charge in [-0.3, -0.25) is 9.88 Å². The molecule has 4 aliphatic rings. The van der Waals surface area contributed by atoms with Crippen LogP contribution in [0.1, 0.15) is 108 Å². The monoisotopic (exact) mass is 966 g/mol. The van der Waals surface area contributed by atoms with E-state index in [0.717, 1.165) is 98.3 Å². The Morgan fingerprint density at radius 3 is 2.57 bits per heavy atom. The van der Waals surface area contributed by atoms with Gasteiger partial charge in [0.25, 0.3) is 0 Å². The molecule has 5 atom stereocenters. The number of terminal acetylenes is 1. The van der Waals surface area contributed by atoms with Crippen LogP contribution in [-0.2, 0) is 19.4 Å². The Morgan fingerprint density at radius 1 is 1.10 bits per heavy atom. The van der Waals surface area contributed by atoms with Crippen molar-refractivity contribution in [1.29, 1.82) is 0 Å². The van der Waals surface area contributed by atoms with Gasteiger partial charge in [0.05, 0.1) is 46.3 Å². The lowest BCUT2D eigenvalue weighted by atomic mass is 9.80. The number of aliphatic hydroxyl groups excluding tert-OH is 1. The number of benzene rings is 1. The molecule has 14 heteroatoms. The maximum Gasteiger partial charge on any atom is 0.406 e. The van der Waals surface area contributed by atoms with Crippen LogP contribution in [0.4, 0.5) is 13.2 Å². The predicted molar refractivity (Wildman–Crippen MR) is 275 cm³/mol. The molecule has 0 amide bonds. The van der Waals surface area contributed by atoms with Crippen molar-refractivity contribution in [2.75, 3.05) is 45.8 Å². The van der Waals surface area contributed by atoms with Crippen molar-refractivity contribution in [3.63, 3.8) is 0 Å². The summed E-state index contributed by atoms with van der Waals surface area (Å²) in [5.41, 5.74) is 10.5. The summed E-state index contributed by atoms with van der Waals surface area (Å²) >= 11 is 1.59. The molecule has 4 N–H and O–H groups in total. The second-order valence-corrected chi connectivity index (χ2v) is 21.8. The van der Waals surface area contributed by atoms with Crippen molar-refractivity contribution in [3.8, 4) is 34.9 Å². The van der Waals surface area contributed by atoms with Gasteiger partial charge in [0.1, 0.15) is 6.54 Å². The molecule has 0 bridgehead atoms. The second-order valence-electron chi connectivity index (χ2n) is 20.9. The number of rotatable bonds is 22. The number of hydrogen-bond donors (Lipinski definition) is 4. The molecule has 1 aliphatic carbocycles. The number of hydrazine groups is 1. The normalized spacial score (nSPS) is 20.5. The van der Waals surface area contributed by atoms with Crippen molar-refractivity contribution in [1.82, 2.24) is 45.4 Å². The number of halogens is 3. The first-order valence-corrected chi connectivity index (χ1v) is 26.2. The van der Waals surface area contributed by atoms with Crippen LogP contribution in [0.25, 0.3) is 33.4 Å². The van der Waals surface area contributed by atoms with Crippen LogP contribution in [0, 0.1) is 29.6 Å². The molecule has 0 radical (unpaired) electrons. The number of nitrogens with zero attached hydrogens (tertiary/aromatic N) is 6. The third kappa shape index (κ3) is 12.1. The van der Waals surface area contributed by atoms with Crippen LogP contribution >= 0.6 is 11.3 Å². The van der Waals surface area contributed by atoms with Gasteiger partial charge in [-0.25, -0.2) is 10.4 Å². The molecule has 4 aromatic rings. The van der Waals surface area contributed by atoms with Crippen LogP contribution in [0.5, 0.6) is 0 Å². The minimum absolute atomic E-state index is 0.171. The summed E-state index contributed by atoms with van der Waals surface area (Å²) in [5.74, 6) is 3.85. The number of thiazole rings is 1. The van der Waals surface area contributed by atoms with Gasteiger partial charge < -0.3 is 30.2 Å². The lowest BCUT2D eigenvalue weighted by Gasteiger charge is -2.39. The summed E-state index contributed by atoms with van der Waals surface area (Å²) in [5, 5.41) is 24.2. The van der Waals surface area contributed by atoms with E-state index in [4.69, 9.17) is 24.6 Å². The third-order valence-corrected chi connectivity index (χ3v) is 15.9. The summed E-state index contributed by atoms with van der Waals surface area (Å²) in [6.45, 7) is 27.7. The van der Waals surface area contributed by atoms with E-state index in [-0.39, 0.29) is 17.5 Å². The number of likely N-dealkylation sites (tertiary alicyclic amines) is 1. The van der Waals surface area contributed by atoms with Gasteiger partial charge >= 0.3 is 6.18 Å². The highest BCUT2D eigenvalue weighted by Crippen LogP contribution is 2.44. The zero-order valence-corrected chi connectivity index (χ0v) is 42.1. The highest BCUT2D eigenvalue weighted by molar-refractivity contribution is 7.10. The molecule has 3 aliphatic heterocycles. The predicted octanol–water partition coefficient (Wildman–Crippen LogP) is 10.2. The van der Waals surface area contributed by atoms with E-state index in [1.54, 1.807) is 42.7 Å². The fourth-order valence-electron chi connectivity index (χ4n) is 11.4. The van der Waals surface area contributed by atoms with E-state index < -0.39 is 18.8 Å². The topological polar surface area (TPSA) is 107 Å². The van der Waals surface area contributed by atoms with Gasteiger partial charge in [0, 0.05) is 103 Å². The summed E-state index contributed by atoms with van der Waals surface area (Å²) in [7, 11) is 0. The maximum atomic E-state index is 14.6. The average Bonchev–Trinajstić information content (AvgIpc) is 3.62. The Hall–Kier alpha value is -4.65. The Kier molecular flexibility index (Phi) is 16.0. The molecule has 69 heavy (non-hydrogen) atoms. The first-order chi connectivity index (χ1) is 33.0. The van der Waals surface area contributed by atoms with E-state index in [0.29, 0.717) is 71.4 Å². The number of likely N-dealkylation sites (N-methyl/N-ethyl adjacent to an activating group) is 1. The minimum Gasteiger partial charge on any atom is -0.387 e. The number of fused-ring (bicyclic) bond motifs is 1. The summed E-state index contributed by atoms with van der Waals surface area (Å²) in [6.07, 6.45) is 12.3. The van der Waals surface area contributed by atoms with E-state index in [1.165, 1.54) is 35.9 Å². The molecular formula is C55H74F3N9OS. The number of hydrogen-bond acceptors (Lipinski definition) is 10. The number of aromatic nitrogens is 3. The average molecular weight is 966 g/mol. The highest BCUT2D eigenvalue weighted by atomic mass is 32.1. The molecule has 372 valence electrons. The van der Waals surface area contributed by atoms with Gasteiger partial charge in [0.2, 0.25) is 0 Å². The van der Waals surface area contributed by atoms with Gasteiger partial charge in [-0.1, -0.05) is 52.5 Å². The fraction of sp³-hybridized carbons (Fsp3) is 0.564. The van der Waals surface area contributed by atoms with E-state index in [1.807, 2.05) is 12.1 Å². The standard InChI is InChI=1S/C55H74F3N9OS/c1-9-11-23-54(7,8)30-45-44-28-42(20-21-49(44)66(35-55(56,57)58)53(45)43-19-16-24-59-51(43)39(6)68)48-34-69-50(63-48)29-46(38(5)67-26-15-14-25-61-67)62-36(3)52(41-17-12-13-18-41)65-27-22-40(33-65)32-64(10-2)37(4)47-31-60-47/h1,16,19-21,24,28,34,39-41,46-47,52,60-62,68H,3-5,10-15,17-18,22-23,25-27,29-33,35H2,2,6-8H3. The molecule has 0 spiro atoms. The van der Waals surface area contributed by atoms with Gasteiger partial charge in [-0.05, 0) is 112 Å². The van der Waals surface area contributed by atoms with E-state index >= 15 is 0 Å². The lowest BCUT2D eigenvalue weighted by molar-refractivity contribution is -0.139. The summed E-state index contributed by atoms with van der Waals surface area (Å²) in [6, 6.07) is 9.61. The van der Waals surface area contributed by atoms with Crippen molar-refractivity contribution < 1.29 is 18.3 Å². The third-order valence-electron chi connectivity index (χ3n) is 15.0. The number of aliphatic hydroxyl groups is 1. The first-order valence-electron chi connectivity index (χ1n) is 25.3. The quantitative estimate of drug-likeness (QED) is 0.0453. The Labute approximate surface area is 412 Å². The smallest absolute Gasteiger partial charge is 0.387 e. The van der Waals surface area contributed by atoms with Crippen LogP contribution in [0.2, 0.25) is 0 Å². The van der Waals surface area contributed by atoms with Crippen LogP contribution in [-0.4, -0.2) is 105 Å². The Morgan fingerprint density at radius 2 is 1.88 bits per heavy atom. The molecular weight excluding hydrogens is 892 g/mol. The highest BCUT2D eigenvalue weighted by Gasteiger charge is 2.39. The Balaban J connectivity index is 1.11. The number of alkyl halides is 3. The van der Waals surface area contributed by atoms with Crippen molar-refractivity contribution in [2.24, 2.45) is 17.3 Å². The number of nitrogens with one attached hydrogen (secondary N) is 3. The zero-order valence-electron chi connectivity index (χ0n) is 41.3. The van der Waals surface area contributed by atoms with Crippen molar-refractivity contribution >= 4 is 22.2 Å². The molecule has 10 nitrogen and oxygen atoms in total. The molecule has 8 rings (SSSR count). The molecule has 4 fully saturated rings. The summed E-state index contributed by atoms with van der Waals surface area (Å²) < 4.78 is 45.2. The molecule has 3 aromatic heterocycles. The van der Waals surface area contributed by atoms with Crippen LogP contribution in [0.3, 0.4) is 0 Å². The van der Waals surface area contributed by atoms with Gasteiger partial charge in [-0.15, -0.1) is 23.7 Å². The first kappa shape index (κ1) is 50.7. The second kappa shape index (κ2) is 21.8. The lowest BCUT2D eigenvalue weighted by Crippen LogP contribution is -2.51. The molecule has 6 heterocycles. The molecule has 1 saturated carbocycles. The van der Waals surface area contributed by atoms with Gasteiger partial charge in [0.15, 0.2) is 0 Å². The van der Waals surface area contributed by atoms with Gasteiger partial charge in [-0.2, -0.15) is 13.2 Å². The number of pyridine rings is 1. The van der Waals surface area contributed by atoms with Crippen molar-refractivity contribution in [2.45, 2.75) is 135 Å².